The van der Waals surface area contributed by atoms with Crippen molar-refractivity contribution in [2.75, 3.05) is 0 Å². The van der Waals surface area contributed by atoms with Gasteiger partial charge in [-0.05, 0) is 32.0 Å². The van der Waals surface area contributed by atoms with E-state index >= 15 is 0 Å². The maximum absolute atomic E-state index is 12.5. The van der Waals surface area contributed by atoms with Gasteiger partial charge < -0.3 is 5.32 Å². The van der Waals surface area contributed by atoms with E-state index in [1.54, 1.807) is 29.5 Å². The molecule has 0 fully saturated rings. The van der Waals surface area contributed by atoms with E-state index in [0.29, 0.717) is 5.82 Å². The summed E-state index contributed by atoms with van der Waals surface area (Å²) in [6.07, 6.45) is 6.96. The van der Waals surface area contributed by atoms with Crippen LogP contribution in [0.25, 0.3) is 22.3 Å². The second kappa shape index (κ2) is 7.56. The fourth-order valence-electron chi connectivity index (χ4n) is 3.19. The molecule has 140 valence electrons. The van der Waals surface area contributed by atoms with E-state index in [2.05, 4.69) is 25.4 Å². The number of rotatable bonds is 5. The predicted molar refractivity (Wildman–Crippen MR) is 106 cm³/mol. The number of pyridine rings is 1. The number of aromatic nitrogens is 5. The number of hydrogen-bond acceptors (Lipinski definition) is 5. The molecule has 1 aromatic carbocycles. The predicted octanol–water partition coefficient (Wildman–Crippen LogP) is 3.07. The SMILES string of the molecule is Cc1nc(-c2ccncc2)ncc1[C@@H](C)NC(=O)Cn1ncc2ccccc21. The molecule has 1 N–H and O–H groups in total. The van der Waals surface area contributed by atoms with E-state index in [4.69, 9.17) is 0 Å². The second-order valence-corrected chi connectivity index (χ2v) is 6.62. The zero-order valence-electron chi connectivity index (χ0n) is 15.7. The van der Waals surface area contributed by atoms with Gasteiger partial charge in [-0.3, -0.25) is 14.5 Å². The summed E-state index contributed by atoms with van der Waals surface area (Å²) in [4.78, 5) is 25.6. The summed E-state index contributed by atoms with van der Waals surface area (Å²) in [6.45, 7) is 4.01. The zero-order valence-corrected chi connectivity index (χ0v) is 15.7. The van der Waals surface area contributed by atoms with Crippen LogP contribution in [0.1, 0.15) is 24.2 Å². The number of aryl methyl sites for hydroxylation is 1. The van der Waals surface area contributed by atoms with Gasteiger partial charge in [0.15, 0.2) is 5.82 Å². The molecule has 28 heavy (non-hydrogen) atoms. The molecule has 1 amide bonds. The fraction of sp³-hybridized carbons (Fsp3) is 0.190. The molecule has 0 spiro atoms. The fourth-order valence-corrected chi connectivity index (χ4v) is 3.19. The van der Waals surface area contributed by atoms with Crippen LogP contribution in [0.5, 0.6) is 0 Å². The molecule has 0 saturated heterocycles. The summed E-state index contributed by atoms with van der Waals surface area (Å²) in [6, 6.07) is 11.4. The van der Waals surface area contributed by atoms with Crippen molar-refractivity contribution in [1.82, 2.24) is 30.0 Å². The Morgan fingerprint density at radius 2 is 1.93 bits per heavy atom. The molecule has 0 aliphatic rings. The Morgan fingerprint density at radius 3 is 2.71 bits per heavy atom. The van der Waals surface area contributed by atoms with Crippen LogP contribution in [0, 0.1) is 6.92 Å². The standard InChI is InChI=1S/C21H20N6O/c1-14(18-12-23-21(26-15(18)2)16-7-9-22-10-8-16)25-20(28)13-27-19-6-4-3-5-17(19)11-24-27/h3-12,14H,13H2,1-2H3,(H,25,28)/t14-/m1/s1. The Hall–Kier alpha value is -3.61. The topological polar surface area (TPSA) is 85.6 Å². The molecule has 0 bridgehead atoms. The zero-order chi connectivity index (χ0) is 19.5. The molecular formula is C21H20N6O. The normalized spacial score (nSPS) is 12.1. The van der Waals surface area contributed by atoms with Gasteiger partial charge in [-0.1, -0.05) is 18.2 Å². The minimum Gasteiger partial charge on any atom is -0.348 e. The number of nitrogens with one attached hydrogen (secondary N) is 1. The first-order valence-electron chi connectivity index (χ1n) is 9.05. The Balaban J connectivity index is 1.47. The largest absolute Gasteiger partial charge is 0.348 e. The van der Waals surface area contributed by atoms with Crippen molar-refractivity contribution in [3.05, 3.63) is 72.4 Å². The van der Waals surface area contributed by atoms with E-state index in [1.807, 2.05) is 50.2 Å². The number of para-hydroxylation sites is 1. The van der Waals surface area contributed by atoms with Crippen LogP contribution in [-0.4, -0.2) is 30.6 Å². The molecule has 4 rings (SSSR count). The van der Waals surface area contributed by atoms with E-state index in [0.717, 1.165) is 27.7 Å². The van der Waals surface area contributed by atoms with Crippen LogP contribution in [-0.2, 0) is 11.3 Å². The lowest BCUT2D eigenvalue weighted by Gasteiger charge is -2.16. The number of amides is 1. The maximum Gasteiger partial charge on any atom is 0.242 e. The molecule has 0 saturated carbocycles. The van der Waals surface area contributed by atoms with Gasteiger partial charge in [0, 0.05) is 40.8 Å². The minimum atomic E-state index is -0.208. The summed E-state index contributed by atoms with van der Waals surface area (Å²) < 4.78 is 1.70. The molecule has 0 unspecified atom stereocenters. The molecule has 7 heteroatoms. The summed E-state index contributed by atoms with van der Waals surface area (Å²) in [5, 5.41) is 8.33. The highest BCUT2D eigenvalue weighted by molar-refractivity contribution is 5.82. The Kier molecular flexibility index (Phi) is 4.80. The number of fused-ring (bicyclic) bond motifs is 1. The van der Waals surface area contributed by atoms with Crippen molar-refractivity contribution in [3.63, 3.8) is 0 Å². The van der Waals surface area contributed by atoms with E-state index in [1.165, 1.54) is 0 Å². The molecule has 7 nitrogen and oxygen atoms in total. The lowest BCUT2D eigenvalue weighted by Crippen LogP contribution is -2.31. The molecule has 0 aliphatic carbocycles. The number of carbonyl (C=O) groups excluding carboxylic acids is 1. The second-order valence-electron chi connectivity index (χ2n) is 6.62. The van der Waals surface area contributed by atoms with E-state index in [-0.39, 0.29) is 18.5 Å². The third kappa shape index (κ3) is 3.59. The van der Waals surface area contributed by atoms with Crippen LogP contribution in [0.2, 0.25) is 0 Å². The molecule has 3 aromatic heterocycles. The van der Waals surface area contributed by atoms with Gasteiger partial charge in [-0.15, -0.1) is 0 Å². The first-order valence-corrected chi connectivity index (χ1v) is 9.05. The van der Waals surface area contributed by atoms with Gasteiger partial charge >= 0.3 is 0 Å². The van der Waals surface area contributed by atoms with Gasteiger partial charge in [0.1, 0.15) is 6.54 Å². The molecule has 3 heterocycles. The van der Waals surface area contributed by atoms with Gasteiger partial charge in [0.25, 0.3) is 0 Å². The Labute approximate surface area is 162 Å². The van der Waals surface area contributed by atoms with Crippen LogP contribution < -0.4 is 5.32 Å². The van der Waals surface area contributed by atoms with Gasteiger partial charge in [0.2, 0.25) is 5.91 Å². The smallest absolute Gasteiger partial charge is 0.242 e. The molecule has 0 radical (unpaired) electrons. The molecule has 4 aromatic rings. The van der Waals surface area contributed by atoms with Gasteiger partial charge in [0.05, 0.1) is 17.8 Å². The summed E-state index contributed by atoms with van der Waals surface area (Å²) in [5.74, 6) is 0.532. The highest BCUT2D eigenvalue weighted by Gasteiger charge is 2.15. The Bertz CT molecular complexity index is 1120. The third-order valence-electron chi connectivity index (χ3n) is 4.64. The van der Waals surface area contributed by atoms with E-state index < -0.39 is 0 Å². The van der Waals surface area contributed by atoms with Crippen LogP contribution in [0.4, 0.5) is 0 Å². The van der Waals surface area contributed by atoms with Crippen molar-refractivity contribution < 1.29 is 4.79 Å². The van der Waals surface area contributed by atoms with Gasteiger partial charge in [-0.2, -0.15) is 5.10 Å². The Morgan fingerprint density at radius 1 is 1.14 bits per heavy atom. The van der Waals surface area contributed by atoms with Gasteiger partial charge in [-0.25, -0.2) is 9.97 Å². The molecule has 0 aliphatic heterocycles. The van der Waals surface area contributed by atoms with Crippen LogP contribution >= 0.6 is 0 Å². The molecular weight excluding hydrogens is 352 g/mol. The lowest BCUT2D eigenvalue weighted by atomic mass is 10.1. The molecule has 1 atom stereocenters. The minimum absolute atomic E-state index is 0.112. The van der Waals surface area contributed by atoms with Crippen molar-refractivity contribution in [1.29, 1.82) is 0 Å². The average molecular weight is 372 g/mol. The number of carbonyl (C=O) groups is 1. The first kappa shape index (κ1) is 17.8. The summed E-state index contributed by atoms with van der Waals surface area (Å²) >= 11 is 0. The number of hydrogen-bond donors (Lipinski definition) is 1. The summed E-state index contributed by atoms with van der Waals surface area (Å²) in [5.41, 5.74) is 3.56. The van der Waals surface area contributed by atoms with Crippen LogP contribution in [0.15, 0.2) is 61.2 Å². The third-order valence-corrected chi connectivity index (χ3v) is 4.64. The van der Waals surface area contributed by atoms with Crippen molar-refractivity contribution >= 4 is 16.8 Å². The van der Waals surface area contributed by atoms with E-state index in [9.17, 15) is 4.79 Å². The van der Waals surface area contributed by atoms with Crippen molar-refractivity contribution in [2.24, 2.45) is 0 Å². The van der Waals surface area contributed by atoms with Crippen molar-refractivity contribution in [3.8, 4) is 11.4 Å². The number of benzene rings is 1. The lowest BCUT2D eigenvalue weighted by molar-refractivity contribution is -0.122. The monoisotopic (exact) mass is 372 g/mol. The van der Waals surface area contributed by atoms with Crippen molar-refractivity contribution in [2.45, 2.75) is 26.4 Å². The average Bonchev–Trinajstić information content (AvgIpc) is 3.11. The van der Waals surface area contributed by atoms with Crippen LogP contribution in [0.3, 0.4) is 0 Å². The maximum atomic E-state index is 12.5. The highest BCUT2D eigenvalue weighted by Crippen LogP contribution is 2.19. The first-order chi connectivity index (χ1) is 13.6. The summed E-state index contributed by atoms with van der Waals surface area (Å²) in [7, 11) is 0. The number of nitrogens with zero attached hydrogens (tertiary/aromatic N) is 5. The quantitative estimate of drug-likeness (QED) is 0.582. The highest BCUT2D eigenvalue weighted by atomic mass is 16.2.